The van der Waals surface area contributed by atoms with E-state index in [1.54, 1.807) is 0 Å². The second kappa shape index (κ2) is 7.89. The van der Waals surface area contributed by atoms with Crippen molar-refractivity contribution in [2.75, 3.05) is 18.0 Å². The van der Waals surface area contributed by atoms with Crippen LogP contribution in [0, 0.1) is 13.8 Å². The Kier molecular flexibility index (Phi) is 5.15. The van der Waals surface area contributed by atoms with E-state index in [2.05, 4.69) is 52.6 Å². The van der Waals surface area contributed by atoms with Gasteiger partial charge in [-0.05, 0) is 37.5 Å². The molecule has 0 saturated heterocycles. The molecular weight excluding hydrogens is 348 g/mol. The van der Waals surface area contributed by atoms with Gasteiger partial charge in [-0.3, -0.25) is 9.48 Å². The second-order valence-corrected chi connectivity index (χ2v) is 7.37. The summed E-state index contributed by atoms with van der Waals surface area (Å²) in [5.41, 5.74) is 6.90. The number of nitrogens with one attached hydrogen (secondary N) is 1. The van der Waals surface area contributed by atoms with Crippen LogP contribution in [0.2, 0.25) is 0 Å². The molecule has 0 radical (unpaired) electrons. The maximum Gasteiger partial charge on any atom is 0.239 e. The number of aromatic nitrogens is 2. The lowest BCUT2D eigenvalue weighted by atomic mass is 10.2. The zero-order chi connectivity index (χ0) is 19.5. The molecule has 0 saturated carbocycles. The summed E-state index contributed by atoms with van der Waals surface area (Å²) in [6, 6.07) is 18.6. The van der Waals surface area contributed by atoms with Crippen LogP contribution in [0.1, 0.15) is 28.1 Å². The number of aryl methyl sites for hydroxylation is 1. The highest BCUT2D eigenvalue weighted by atomic mass is 16.2. The Hall–Kier alpha value is -3.08. The maximum absolute atomic E-state index is 12.5. The van der Waals surface area contributed by atoms with Gasteiger partial charge in [0.1, 0.15) is 0 Å². The number of nitrogens with zero attached hydrogens (tertiary/aromatic N) is 3. The molecule has 0 fully saturated rings. The molecular formula is C23H26N4O. The van der Waals surface area contributed by atoms with Crippen molar-refractivity contribution in [3.8, 4) is 0 Å². The Morgan fingerprint density at radius 2 is 1.82 bits per heavy atom. The molecule has 28 heavy (non-hydrogen) atoms. The molecule has 144 valence electrons. The van der Waals surface area contributed by atoms with Gasteiger partial charge in [-0.2, -0.15) is 5.10 Å². The quantitative estimate of drug-likeness (QED) is 0.721. The minimum atomic E-state index is 0.0475. The molecule has 0 unspecified atom stereocenters. The smallest absolute Gasteiger partial charge is 0.239 e. The third kappa shape index (κ3) is 3.79. The van der Waals surface area contributed by atoms with Crippen molar-refractivity contribution >= 4 is 11.6 Å². The Bertz CT molecular complexity index is 978. The van der Waals surface area contributed by atoms with Crippen molar-refractivity contribution in [3.63, 3.8) is 0 Å². The Balaban J connectivity index is 1.38. The van der Waals surface area contributed by atoms with E-state index in [1.165, 1.54) is 16.8 Å². The number of carbonyl (C=O) groups excluding carboxylic acids is 1. The van der Waals surface area contributed by atoms with Gasteiger partial charge in [0.25, 0.3) is 0 Å². The van der Waals surface area contributed by atoms with E-state index in [9.17, 15) is 4.79 Å². The number of hydrogen-bond acceptors (Lipinski definition) is 3. The number of benzene rings is 2. The van der Waals surface area contributed by atoms with E-state index in [4.69, 9.17) is 0 Å². The Labute approximate surface area is 166 Å². The lowest BCUT2D eigenvalue weighted by Crippen LogP contribution is -2.36. The van der Waals surface area contributed by atoms with Crippen LogP contribution in [0.5, 0.6) is 0 Å². The van der Waals surface area contributed by atoms with E-state index < -0.39 is 0 Å². The SMILES string of the molecule is Cc1nn(Cc2ccccc2)c(C)c1CNC(=O)CN1CCc2ccccc21. The summed E-state index contributed by atoms with van der Waals surface area (Å²) in [6.45, 7) is 6.63. The van der Waals surface area contributed by atoms with Gasteiger partial charge in [-0.1, -0.05) is 48.5 Å². The number of para-hydroxylation sites is 1. The zero-order valence-electron chi connectivity index (χ0n) is 16.5. The molecule has 1 aromatic heterocycles. The normalized spacial score (nSPS) is 12.9. The summed E-state index contributed by atoms with van der Waals surface area (Å²) in [6.07, 6.45) is 1.01. The van der Waals surface area contributed by atoms with E-state index in [0.717, 1.165) is 36.5 Å². The Morgan fingerprint density at radius 3 is 2.64 bits per heavy atom. The van der Waals surface area contributed by atoms with Gasteiger partial charge in [0.05, 0.1) is 18.8 Å². The number of carbonyl (C=O) groups is 1. The zero-order valence-corrected chi connectivity index (χ0v) is 16.5. The molecule has 1 aliphatic heterocycles. The fourth-order valence-electron chi connectivity index (χ4n) is 3.89. The molecule has 5 heteroatoms. The molecule has 0 atom stereocenters. The molecule has 4 rings (SSSR count). The molecule has 1 amide bonds. The number of anilines is 1. The van der Waals surface area contributed by atoms with Gasteiger partial charge >= 0.3 is 0 Å². The highest BCUT2D eigenvalue weighted by Gasteiger charge is 2.21. The number of amides is 1. The average Bonchev–Trinajstić information content (AvgIpc) is 3.22. The third-order valence-electron chi connectivity index (χ3n) is 5.49. The van der Waals surface area contributed by atoms with E-state index in [1.807, 2.05) is 35.9 Å². The van der Waals surface area contributed by atoms with Crippen LogP contribution in [0.3, 0.4) is 0 Å². The highest BCUT2D eigenvalue weighted by molar-refractivity contribution is 5.82. The van der Waals surface area contributed by atoms with Crippen molar-refractivity contribution in [1.29, 1.82) is 0 Å². The van der Waals surface area contributed by atoms with Gasteiger partial charge in [-0.15, -0.1) is 0 Å². The van der Waals surface area contributed by atoms with Crippen LogP contribution in [0.4, 0.5) is 5.69 Å². The summed E-state index contributed by atoms with van der Waals surface area (Å²) in [5, 5.41) is 7.75. The monoisotopic (exact) mass is 374 g/mol. The average molecular weight is 374 g/mol. The molecule has 0 bridgehead atoms. The predicted octanol–water partition coefficient (Wildman–Crippen LogP) is 3.23. The van der Waals surface area contributed by atoms with Crippen LogP contribution in [-0.2, 0) is 24.3 Å². The van der Waals surface area contributed by atoms with E-state index in [0.29, 0.717) is 13.1 Å². The summed E-state index contributed by atoms with van der Waals surface area (Å²) >= 11 is 0. The minimum absolute atomic E-state index is 0.0475. The van der Waals surface area contributed by atoms with Crippen LogP contribution in [0.25, 0.3) is 0 Å². The fraction of sp³-hybridized carbons (Fsp3) is 0.304. The van der Waals surface area contributed by atoms with E-state index >= 15 is 0 Å². The first-order valence-electron chi connectivity index (χ1n) is 9.78. The summed E-state index contributed by atoms with van der Waals surface area (Å²) in [5.74, 6) is 0.0475. The first-order chi connectivity index (χ1) is 13.6. The van der Waals surface area contributed by atoms with Crippen molar-refractivity contribution in [3.05, 3.63) is 82.7 Å². The van der Waals surface area contributed by atoms with Crippen molar-refractivity contribution < 1.29 is 4.79 Å². The maximum atomic E-state index is 12.5. The lowest BCUT2D eigenvalue weighted by Gasteiger charge is -2.18. The highest BCUT2D eigenvalue weighted by Crippen LogP contribution is 2.26. The topological polar surface area (TPSA) is 50.2 Å². The molecule has 5 nitrogen and oxygen atoms in total. The molecule has 2 aromatic carbocycles. The molecule has 2 heterocycles. The van der Waals surface area contributed by atoms with Crippen LogP contribution in [-0.4, -0.2) is 28.8 Å². The minimum Gasteiger partial charge on any atom is -0.362 e. The first kappa shape index (κ1) is 18.3. The molecule has 0 spiro atoms. The fourth-order valence-corrected chi connectivity index (χ4v) is 3.89. The summed E-state index contributed by atoms with van der Waals surface area (Å²) < 4.78 is 2.02. The molecule has 1 aliphatic rings. The van der Waals surface area contributed by atoms with Crippen LogP contribution in [0.15, 0.2) is 54.6 Å². The van der Waals surface area contributed by atoms with Crippen molar-refractivity contribution in [2.24, 2.45) is 0 Å². The number of rotatable bonds is 6. The van der Waals surface area contributed by atoms with Crippen LogP contribution < -0.4 is 10.2 Å². The van der Waals surface area contributed by atoms with Gasteiger partial charge < -0.3 is 10.2 Å². The number of hydrogen-bond donors (Lipinski definition) is 1. The van der Waals surface area contributed by atoms with Gasteiger partial charge in [0, 0.05) is 30.0 Å². The largest absolute Gasteiger partial charge is 0.362 e. The number of fused-ring (bicyclic) bond motifs is 1. The van der Waals surface area contributed by atoms with Crippen molar-refractivity contribution in [2.45, 2.75) is 33.4 Å². The summed E-state index contributed by atoms with van der Waals surface area (Å²) in [4.78, 5) is 14.7. The standard InChI is InChI=1S/C23H26N4O/c1-17-21(18(2)27(25-17)15-19-8-4-3-5-9-19)14-24-23(28)16-26-13-12-20-10-6-7-11-22(20)26/h3-11H,12-16H2,1-2H3,(H,24,28). The Morgan fingerprint density at radius 1 is 1.07 bits per heavy atom. The molecule has 0 aliphatic carbocycles. The predicted molar refractivity (Wildman–Crippen MR) is 111 cm³/mol. The second-order valence-electron chi connectivity index (χ2n) is 7.37. The molecule has 3 aromatic rings. The van der Waals surface area contributed by atoms with E-state index in [-0.39, 0.29) is 5.91 Å². The third-order valence-corrected chi connectivity index (χ3v) is 5.49. The van der Waals surface area contributed by atoms with Crippen molar-refractivity contribution in [1.82, 2.24) is 15.1 Å². The van der Waals surface area contributed by atoms with Gasteiger partial charge in [0.15, 0.2) is 0 Å². The lowest BCUT2D eigenvalue weighted by molar-refractivity contribution is -0.119. The summed E-state index contributed by atoms with van der Waals surface area (Å²) in [7, 11) is 0. The van der Waals surface area contributed by atoms with Gasteiger partial charge in [0.2, 0.25) is 5.91 Å². The molecule has 1 N–H and O–H groups in total. The first-order valence-corrected chi connectivity index (χ1v) is 9.78. The van der Waals surface area contributed by atoms with Gasteiger partial charge in [-0.25, -0.2) is 0 Å². The van der Waals surface area contributed by atoms with Crippen LogP contribution >= 0.6 is 0 Å².